The van der Waals surface area contributed by atoms with E-state index < -0.39 is 0 Å². The second-order valence-electron chi connectivity index (χ2n) is 3.27. The van der Waals surface area contributed by atoms with Crippen LogP contribution in [0.4, 0.5) is 5.69 Å². The maximum atomic E-state index is 10.5. The number of hydrogen-bond donors (Lipinski definition) is 2. The summed E-state index contributed by atoms with van der Waals surface area (Å²) >= 11 is 5.86. The molecule has 3 N–H and O–H groups in total. The van der Waals surface area contributed by atoms with Gasteiger partial charge >= 0.3 is 0 Å². The molecule has 0 saturated heterocycles. The predicted molar refractivity (Wildman–Crippen MR) is 63.1 cm³/mol. The van der Waals surface area contributed by atoms with E-state index in [1.807, 2.05) is 6.07 Å². The first-order chi connectivity index (χ1) is 7.65. The summed E-state index contributed by atoms with van der Waals surface area (Å²) in [5.41, 5.74) is 6.11. The zero-order chi connectivity index (χ0) is 12.0. The Hall–Kier alpha value is -1.73. The van der Waals surface area contributed by atoms with E-state index in [0.717, 1.165) is 0 Å². The molecule has 0 aliphatic heterocycles. The summed E-state index contributed by atoms with van der Waals surface area (Å²) < 4.78 is 0. The number of nitrogens with two attached hydrogens (primary N) is 1. The van der Waals surface area contributed by atoms with Crippen molar-refractivity contribution < 1.29 is 4.79 Å². The van der Waals surface area contributed by atoms with Gasteiger partial charge in [-0.25, -0.2) is 0 Å². The Balaban J connectivity index is 2.58. The molecule has 0 aliphatic rings. The molecule has 5 heteroatoms. The molecule has 0 atom stereocenters. The minimum Gasteiger partial charge on any atom is -0.384 e. The van der Waals surface area contributed by atoms with Crippen LogP contribution in [0, 0.1) is 11.3 Å². The number of carbonyl (C=O) groups is 1. The number of carbonyl (C=O) groups excluding carboxylic acids is 1. The Morgan fingerprint density at radius 3 is 2.94 bits per heavy atom. The van der Waals surface area contributed by atoms with E-state index in [-0.39, 0.29) is 5.91 Å². The van der Waals surface area contributed by atoms with Gasteiger partial charge in [0.05, 0.1) is 16.3 Å². The third-order valence-corrected chi connectivity index (χ3v) is 2.36. The number of amides is 1. The smallest absolute Gasteiger partial charge is 0.217 e. The standard InChI is InChI=1S/C11H12ClN3O/c12-9-3-1-4-10(8(9)7-13)15-6-2-5-11(14)16/h1,3-4,15H,2,5-6H2,(H2,14,16). The first-order valence-electron chi connectivity index (χ1n) is 4.86. The van der Waals surface area contributed by atoms with Crippen LogP contribution in [0.5, 0.6) is 0 Å². The van der Waals surface area contributed by atoms with Crippen molar-refractivity contribution in [3.8, 4) is 6.07 Å². The zero-order valence-electron chi connectivity index (χ0n) is 8.66. The maximum absolute atomic E-state index is 10.5. The van der Waals surface area contributed by atoms with Crippen LogP contribution >= 0.6 is 11.6 Å². The van der Waals surface area contributed by atoms with Crippen LogP contribution in [0.3, 0.4) is 0 Å². The largest absolute Gasteiger partial charge is 0.384 e. The first kappa shape index (κ1) is 12.3. The van der Waals surface area contributed by atoms with Gasteiger partial charge in [-0.05, 0) is 18.6 Å². The highest BCUT2D eigenvalue weighted by Crippen LogP contribution is 2.23. The van der Waals surface area contributed by atoms with Crippen LogP contribution < -0.4 is 11.1 Å². The Bertz CT molecular complexity index is 426. The molecule has 4 nitrogen and oxygen atoms in total. The molecule has 0 aromatic heterocycles. The van der Waals surface area contributed by atoms with Gasteiger partial charge < -0.3 is 11.1 Å². The number of halogens is 1. The number of benzene rings is 1. The van der Waals surface area contributed by atoms with Crippen molar-refractivity contribution in [2.45, 2.75) is 12.8 Å². The van der Waals surface area contributed by atoms with Gasteiger partial charge in [-0.15, -0.1) is 0 Å². The Kier molecular flexibility index (Phi) is 4.62. The van der Waals surface area contributed by atoms with Crippen molar-refractivity contribution in [1.82, 2.24) is 0 Å². The van der Waals surface area contributed by atoms with Gasteiger partial charge in [0.1, 0.15) is 6.07 Å². The Labute approximate surface area is 99.0 Å². The number of nitriles is 1. The number of rotatable bonds is 5. The quantitative estimate of drug-likeness (QED) is 0.768. The Morgan fingerprint density at radius 1 is 1.56 bits per heavy atom. The molecule has 0 saturated carbocycles. The fourth-order valence-corrected chi connectivity index (χ4v) is 1.49. The molecule has 0 spiro atoms. The lowest BCUT2D eigenvalue weighted by atomic mass is 10.2. The predicted octanol–water partition coefficient (Wildman–Crippen LogP) is 1.89. The number of hydrogen-bond acceptors (Lipinski definition) is 3. The van der Waals surface area contributed by atoms with Gasteiger partial charge in [0.2, 0.25) is 5.91 Å². The number of nitrogens with zero attached hydrogens (tertiary/aromatic N) is 1. The lowest BCUT2D eigenvalue weighted by Gasteiger charge is -2.08. The SMILES string of the molecule is N#Cc1c(Cl)cccc1NCCCC(N)=O. The molecule has 1 rings (SSSR count). The summed E-state index contributed by atoms with van der Waals surface area (Å²) in [6, 6.07) is 7.22. The lowest BCUT2D eigenvalue weighted by molar-refractivity contribution is -0.118. The van der Waals surface area contributed by atoms with Crippen LogP contribution in [0.15, 0.2) is 18.2 Å². The second kappa shape index (κ2) is 5.99. The molecule has 0 fully saturated rings. The maximum Gasteiger partial charge on any atom is 0.217 e. The molecule has 0 bridgehead atoms. The van der Waals surface area contributed by atoms with Gasteiger partial charge in [0.25, 0.3) is 0 Å². The summed E-state index contributed by atoms with van der Waals surface area (Å²) in [6.45, 7) is 0.581. The van der Waals surface area contributed by atoms with Crippen molar-refractivity contribution >= 4 is 23.2 Å². The molecule has 16 heavy (non-hydrogen) atoms. The minimum atomic E-state index is -0.326. The molecule has 0 radical (unpaired) electrons. The third kappa shape index (κ3) is 3.44. The molecule has 0 unspecified atom stereocenters. The van der Waals surface area contributed by atoms with Crippen molar-refractivity contribution in [3.05, 3.63) is 28.8 Å². The van der Waals surface area contributed by atoms with Crippen molar-refractivity contribution in [3.63, 3.8) is 0 Å². The Morgan fingerprint density at radius 2 is 2.31 bits per heavy atom. The average Bonchev–Trinajstić information content (AvgIpc) is 2.24. The van der Waals surface area contributed by atoms with Gasteiger partial charge in [-0.3, -0.25) is 4.79 Å². The van der Waals surface area contributed by atoms with Crippen LogP contribution in [0.2, 0.25) is 5.02 Å². The number of anilines is 1. The third-order valence-electron chi connectivity index (χ3n) is 2.04. The monoisotopic (exact) mass is 237 g/mol. The van der Waals surface area contributed by atoms with E-state index in [1.165, 1.54) is 0 Å². The van der Waals surface area contributed by atoms with Gasteiger partial charge in [0, 0.05) is 13.0 Å². The fourth-order valence-electron chi connectivity index (χ4n) is 1.27. The second-order valence-corrected chi connectivity index (χ2v) is 3.68. The highest BCUT2D eigenvalue weighted by molar-refractivity contribution is 6.32. The van der Waals surface area contributed by atoms with E-state index in [9.17, 15) is 4.79 Å². The van der Waals surface area contributed by atoms with Crippen LogP contribution in [-0.2, 0) is 4.79 Å². The molecule has 1 aromatic rings. The molecule has 1 amide bonds. The highest BCUT2D eigenvalue weighted by Gasteiger charge is 2.05. The van der Waals surface area contributed by atoms with E-state index in [0.29, 0.717) is 35.7 Å². The first-order valence-corrected chi connectivity index (χ1v) is 5.23. The van der Waals surface area contributed by atoms with Crippen molar-refractivity contribution in [2.75, 3.05) is 11.9 Å². The summed E-state index contributed by atoms with van der Waals surface area (Å²) in [4.78, 5) is 10.5. The van der Waals surface area contributed by atoms with E-state index in [4.69, 9.17) is 22.6 Å². The molecule has 0 heterocycles. The van der Waals surface area contributed by atoms with E-state index in [2.05, 4.69) is 5.32 Å². The average molecular weight is 238 g/mol. The van der Waals surface area contributed by atoms with Gasteiger partial charge in [-0.2, -0.15) is 5.26 Å². The fraction of sp³-hybridized carbons (Fsp3) is 0.273. The van der Waals surface area contributed by atoms with Crippen LogP contribution in [-0.4, -0.2) is 12.5 Å². The summed E-state index contributed by atoms with van der Waals surface area (Å²) in [5.74, 6) is -0.326. The summed E-state index contributed by atoms with van der Waals surface area (Å²) in [7, 11) is 0. The van der Waals surface area contributed by atoms with Crippen LogP contribution in [0.25, 0.3) is 0 Å². The van der Waals surface area contributed by atoms with E-state index >= 15 is 0 Å². The molecule has 84 valence electrons. The van der Waals surface area contributed by atoms with Crippen molar-refractivity contribution in [1.29, 1.82) is 5.26 Å². The topological polar surface area (TPSA) is 78.9 Å². The zero-order valence-corrected chi connectivity index (χ0v) is 9.42. The van der Waals surface area contributed by atoms with E-state index in [1.54, 1.807) is 18.2 Å². The normalized spacial score (nSPS) is 9.50. The van der Waals surface area contributed by atoms with Gasteiger partial charge in [-0.1, -0.05) is 17.7 Å². The summed E-state index contributed by atoms with van der Waals surface area (Å²) in [6.07, 6.45) is 0.960. The number of nitrogens with one attached hydrogen (secondary N) is 1. The van der Waals surface area contributed by atoms with Crippen molar-refractivity contribution in [2.24, 2.45) is 5.73 Å². The molecular weight excluding hydrogens is 226 g/mol. The molecular formula is C11H12ClN3O. The lowest BCUT2D eigenvalue weighted by Crippen LogP contribution is -2.12. The number of primary amides is 1. The van der Waals surface area contributed by atoms with Crippen LogP contribution in [0.1, 0.15) is 18.4 Å². The highest BCUT2D eigenvalue weighted by atomic mass is 35.5. The summed E-state index contributed by atoms with van der Waals surface area (Å²) in [5, 5.41) is 12.4. The molecule has 1 aromatic carbocycles. The molecule has 0 aliphatic carbocycles. The van der Waals surface area contributed by atoms with Gasteiger partial charge in [0.15, 0.2) is 0 Å². The minimum absolute atomic E-state index is 0.326.